The van der Waals surface area contributed by atoms with Gasteiger partial charge in [-0.05, 0) is 35.9 Å². The monoisotopic (exact) mass is 472 g/mol. The minimum Gasteiger partial charge on any atom is -0.411 e. The number of rotatable bonds is 10. The Morgan fingerprint density at radius 3 is 2.60 bits per heavy atom. The second-order valence-electron chi connectivity index (χ2n) is 6.52. The van der Waals surface area contributed by atoms with Gasteiger partial charge in [-0.15, -0.1) is 10.2 Å². The lowest BCUT2D eigenvalue weighted by molar-refractivity contribution is 0.329. The van der Waals surface area contributed by atoms with Crippen LogP contribution in [0.1, 0.15) is 17.5 Å². The number of benzene rings is 2. The molecule has 0 bridgehead atoms. The number of nitrogens with one attached hydrogen (secondary N) is 1. The number of aromatic nitrogens is 2. The van der Waals surface area contributed by atoms with Gasteiger partial charge >= 0.3 is 7.94 Å². The fourth-order valence-corrected chi connectivity index (χ4v) is 4.11. The Bertz CT molecular complexity index is 969. The summed E-state index contributed by atoms with van der Waals surface area (Å²) in [6.07, 6.45) is 0.456. The minimum atomic E-state index is -3.68. The fraction of sp³-hybridized carbons (Fsp3) is 0.263. The maximum Gasteiger partial charge on any atom is 0.403 e. The molecule has 0 spiro atoms. The molecule has 3 aromatic rings. The summed E-state index contributed by atoms with van der Waals surface area (Å²) in [6, 6.07) is 12.4. The summed E-state index contributed by atoms with van der Waals surface area (Å²) < 4.78 is 19.6. The normalized spacial score (nSPS) is 11.8. The van der Waals surface area contributed by atoms with Crippen molar-refractivity contribution in [2.24, 2.45) is 0 Å². The van der Waals surface area contributed by atoms with Crippen LogP contribution < -0.4 is 5.32 Å². The molecule has 30 heavy (non-hydrogen) atoms. The number of nitrogens with zero attached hydrogens (tertiary/aromatic N) is 2. The topological polar surface area (TPSA) is 112 Å². The van der Waals surface area contributed by atoms with E-state index < -0.39 is 13.8 Å². The Labute approximate surface area is 182 Å². The lowest BCUT2D eigenvalue weighted by atomic mass is 10.1. The number of hydrogen-bond acceptors (Lipinski definition) is 8. The summed E-state index contributed by atoms with van der Waals surface area (Å²) in [5, 5.41) is 11.6. The Morgan fingerprint density at radius 2 is 1.87 bits per heavy atom. The van der Waals surface area contributed by atoms with Gasteiger partial charge in [-0.3, -0.25) is 0 Å². The zero-order valence-electron chi connectivity index (χ0n) is 15.8. The Hall–Kier alpha value is -1.58. The molecule has 2 aromatic carbocycles. The minimum absolute atomic E-state index is 0.0135. The molecule has 1 aromatic heterocycles. The molecular formula is C19H21ClFN3O4PS+. The van der Waals surface area contributed by atoms with E-state index >= 15 is 0 Å². The van der Waals surface area contributed by atoms with Gasteiger partial charge in [-0.1, -0.05) is 47.6 Å². The van der Waals surface area contributed by atoms with Crippen molar-refractivity contribution < 1.29 is 23.5 Å². The third kappa shape index (κ3) is 6.99. The van der Waals surface area contributed by atoms with E-state index in [1.165, 1.54) is 17.8 Å². The van der Waals surface area contributed by atoms with E-state index in [1.807, 2.05) is 24.3 Å². The van der Waals surface area contributed by atoms with Crippen molar-refractivity contribution in [2.75, 3.05) is 12.7 Å². The number of hydrogen-bond donors (Lipinski definition) is 4. The quantitative estimate of drug-likeness (QED) is 0.199. The van der Waals surface area contributed by atoms with Crippen LogP contribution in [-0.2, 0) is 12.3 Å². The van der Waals surface area contributed by atoms with Gasteiger partial charge in [0.25, 0.3) is 5.22 Å². The van der Waals surface area contributed by atoms with Crippen LogP contribution >= 0.6 is 31.3 Å². The van der Waals surface area contributed by atoms with Crippen molar-refractivity contribution in [3.05, 3.63) is 64.4 Å². The van der Waals surface area contributed by atoms with Gasteiger partial charge in [0.2, 0.25) is 5.89 Å². The summed E-state index contributed by atoms with van der Waals surface area (Å²) >= 11 is 7.02. The number of thioether (sulfide) groups is 1. The molecule has 160 valence electrons. The summed E-state index contributed by atoms with van der Waals surface area (Å²) in [6.45, 7) is 1.16. The number of halogens is 2. The van der Waals surface area contributed by atoms with Gasteiger partial charge in [0, 0.05) is 24.3 Å². The highest BCUT2D eigenvalue weighted by atomic mass is 35.5. The summed E-state index contributed by atoms with van der Waals surface area (Å²) in [4.78, 5) is 26.8. The van der Waals surface area contributed by atoms with E-state index in [0.717, 1.165) is 11.1 Å². The highest BCUT2D eigenvalue weighted by Crippen LogP contribution is 2.44. The predicted molar refractivity (Wildman–Crippen MR) is 115 cm³/mol. The molecule has 3 rings (SSSR count). The van der Waals surface area contributed by atoms with Gasteiger partial charge in [0.15, 0.2) is 0 Å². The maximum atomic E-state index is 13.9. The summed E-state index contributed by atoms with van der Waals surface area (Å²) in [5.41, 5.74) is 2.26. The van der Waals surface area contributed by atoms with Crippen molar-refractivity contribution in [1.82, 2.24) is 15.5 Å². The van der Waals surface area contributed by atoms with Crippen LogP contribution in [0.5, 0.6) is 0 Å². The third-order valence-corrected chi connectivity index (χ3v) is 6.21. The average Bonchev–Trinajstić information content (AvgIpc) is 3.17. The Morgan fingerprint density at radius 1 is 1.10 bits per heavy atom. The first-order valence-electron chi connectivity index (χ1n) is 9.07. The fourth-order valence-electron chi connectivity index (χ4n) is 2.60. The first-order chi connectivity index (χ1) is 14.3. The van der Waals surface area contributed by atoms with E-state index in [9.17, 15) is 4.39 Å². The second kappa shape index (κ2) is 10.6. The first kappa shape index (κ1) is 23.1. The molecule has 0 fully saturated rings. The van der Waals surface area contributed by atoms with Crippen LogP contribution in [0, 0.1) is 5.82 Å². The lowest BCUT2D eigenvalue weighted by Crippen LogP contribution is -2.16. The standard InChI is InChI=1S/C19H21ClFN3O4PS/c20-16-4-1-3-15(17(16)21)12-30-19-24-23-18(28-19)14-7-5-13(6-8-14)11-22-9-2-10-29(25,26)27/h1,3-8,22,25-27H,2,9-12H2/q+1. The van der Waals surface area contributed by atoms with E-state index in [2.05, 4.69) is 15.5 Å². The predicted octanol–water partition coefficient (Wildman–Crippen LogP) is 4.04. The van der Waals surface area contributed by atoms with E-state index in [1.54, 1.807) is 12.1 Å². The molecule has 0 radical (unpaired) electrons. The third-order valence-electron chi connectivity index (χ3n) is 4.13. The molecule has 0 aliphatic heterocycles. The van der Waals surface area contributed by atoms with E-state index in [0.29, 0.717) is 41.9 Å². The maximum absolute atomic E-state index is 13.9. The molecular weight excluding hydrogens is 452 g/mol. The van der Waals surface area contributed by atoms with Crippen molar-refractivity contribution in [3.63, 3.8) is 0 Å². The zero-order chi connectivity index (χ0) is 21.6. The van der Waals surface area contributed by atoms with E-state index in [4.69, 9.17) is 30.7 Å². The molecule has 0 aliphatic carbocycles. The summed E-state index contributed by atoms with van der Waals surface area (Å²) in [7, 11) is -3.68. The Balaban J connectivity index is 1.50. The highest BCUT2D eigenvalue weighted by Gasteiger charge is 2.27. The molecule has 0 amide bonds. The van der Waals surface area contributed by atoms with Crippen molar-refractivity contribution in [1.29, 1.82) is 0 Å². The molecule has 1 heterocycles. The van der Waals surface area contributed by atoms with E-state index in [-0.39, 0.29) is 11.2 Å². The molecule has 7 nitrogen and oxygen atoms in total. The van der Waals surface area contributed by atoms with Crippen LogP contribution in [-0.4, -0.2) is 37.6 Å². The van der Waals surface area contributed by atoms with Crippen LogP contribution in [0.3, 0.4) is 0 Å². The van der Waals surface area contributed by atoms with Gasteiger partial charge < -0.3 is 9.73 Å². The van der Waals surface area contributed by atoms with Crippen LogP contribution in [0.2, 0.25) is 5.02 Å². The molecule has 0 atom stereocenters. The second-order valence-corrected chi connectivity index (χ2v) is 9.68. The van der Waals surface area contributed by atoms with Crippen LogP contribution in [0.15, 0.2) is 52.1 Å². The molecule has 0 aliphatic rings. The smallest absolute Gasteiger partial charge is 0.403 e. The highest BCUT2D eigenvalue weighted by molar-refractivity contribution is 7.98. The van der Waals surface area contributed by atoms with Crippen molar-refractivity contribution in [2.45, 2.75) is 23.9 Å². The average molecular weight is 473 g/mol. The van der Waals surface area contributed by atoms with Gasteiger partial charge in [0.1, 0.15) is 12.0 Å². The lowest BCUT2D eigenvalue weighted by Gasteiger charge is -2.06. The molecule has 0 saturated carbocycles. The SMILES string of the molecule is O[P+](O)(O)CCCNCc1ccc(-c2nnc(SCc3cccc(Cl)c3F)o2)cc1. The van der Waals surface area contributed by atoms with Crippen molar-refractivity contribution >= 4 is 31.3 Å². The first-order valence-corrected chi connectivity index (χ1v) is 12.3. The summed E-state index contributed by atoms with van der Waals surface area (Å²) in [5.74, 6) is 0.253. The molecule has 11 heteroatoms. The molecule has 4 N–H and O–H groups in total. The largest absolute Gasteiger partial charge is 0.411 e. The van der Waals surface area contributed by atoms with Crippen molar-refractivity contribution in [3.8, 4) is 11.5 Å². The molecule has 0 saturated heterocycles. The van der Waals surface area contributed by atoms with Gasteiger partial charge in [-0.2, -0.15) is 14.7 Å². The van der Waals surface area contributed by atoms with Gasteiger partial charge in [-0.25, -0.2) is 4.39 Å². The van der Waals surface area contributed by atoms with Crippen LogP contribution in [0.4, 0.5) is 4.39 Å². The van der Waals surface area contributed by atoms with Gasteiger partial charge in [0.05, 0.1) is 5.02 Å². The molecule has 0 unspecified atom stereocenters. The van der Waals surface area contributed by atoms with Crippen LogP contribution in [0.25, 0.3) is 11.5 Å². The Kier molecular flexibility index (Phi) is 8.19. The zero-order valence-corrected chi connectivity index (χ0v) is 18.3.